The zero-order valence-electron chi connectivity index (χ0n) is 19.5. The maximum absolute atomic E-state index is 5.57. The Morgan fingerprint density at radius 2 is 1.84 bits per heavy atom. The number of aliphatic imine (C=N–C) groups is 1. The molecule has 0 atom stereocenters. The number of hydrogen-bond donors (Lipinski definition) is 2. The molecule has 0 unspecified atom stereocenters. The SMILES string of the molecule is CN=C(NCCc1c(C)noc1C)NCC1(c2ccc(OC)c(OC)c2)CCCCC1. The summed E-state index contributed by atoms with van der Waals surface area (Å²) < 4.78 is 16.3. The third kappa shape index (κ3) is 5.32. The molecule has 1 fully saturated rings. The second kappa shape index (κ2) is 10.6. The lowest BCUT2D eigenvalue weighted by atomic mass is 9.69. The van der Waals surface area contributed by atoms with E-state index in [1.807, 2.05) is 27.0 Å². The van der Waals surface area contributed by atoms with Crippen molar-refractivity contribution in [3.8, 4) is 11.5 Å². The number of guanidine groups is 1. The first-order chi connectivity index (χ1) is 15.0. The van der Waals surface area contributed by atoms with Crippen molar-refractivity contribution in [2.24, 2.45) is 4.99 Å². The van der Waals surface area contributed by atoms with Crippen LogP contribution >= 0.6 is 0 Å². The maximum atomic E-state index is 5.57. The van der Waals surface area contributed by atoms with Gasteiger partial charge in [0.1, 0.15) is 5.76 Å². The normalized spacial score (nSPS) is 16.1. The van der Waals surface area contributed by atoms with Crippen LogP contribution in [0.4, 0.5) is 0 Å². The Morgan fingerprint density at radius 3 is 2.45 bits per heavy atom. The first kappa shape index (κ1) is 23.0. The van der Waals surface area contributed by atoms with Gasteiger partial charge in [-0.25, -0.2) is 0 Å². The Hall–Kier alpha value is -2.70. The van der Waals surface area contributed by atoms with Gasteiger partial charge in [-0.1, -0.05) is 30.5 Å². The quantitative estimate of drug-likeness (QED) is 0.490. The molecule has 7 heteroatoms. The van der Waals surface area contributed by atoms with E-state index in [1.165, 1.54) is 24.8 Å². The lowest BCUT2D eigenvalue weighted by Crippen LogP contribution is -2.47. The molecule has 1 heterocycles. The van der Waals surface area contributed by atoms with Crippen LogP contribution in [-0.4, -0.2) is 45.5 Å². The Morgan fingerprint density at radius 1 is 1.10 bits per heavy atom. The van der Waals surface area contributed by atoms with Crippen LogP contribution < -0.4 is 20.1 Å². The second-order valence-electron chi connectivity index (χ2n) is 8.32. The highest BCUT2D eigenvalue weighted by Gasteiger charge is 2.34. The Bertz CT molecular complexity index is 865. The monoisotopic (exact) mass is 428 g/mol. The molecule has 0 aliphatic heterocycles. The standard InChI is InChI=1S/C24H36N4O3/c1-17-20(18(2)31-28-17)11-14-26-23(25-3)27-16-24(12-7-6-8-13-24)19-9-10-21(29-4)22(15-19)30-5/h9-10,15H,6-8,11-14,16H2,1-5H3,(H2,25,26,27). The van der Waals surface area contributed by atoms with Gasteiger partial charge in [0.05, 0.1) is 19.9 Å². The summed E-state index contributed by atoms with van der Waals surface area (Å²) in [7, 11) is 5.18. The molecule has 0 bridgehead atoms. The van der Waals surface area contributed by atoms with Gasteiger partial charge in [0.2, 0.25) is 0 Å². The van der Waals surface area contributed by atoms with Crippen LogP contribution in [0.15, 0.2) is 27.7 Å². The van der Waals surface area contributed by atoms with E-state index in [0.29, 0.717) is 0 Å². The predicted octanol–water partition coefficient (Wildman–Crippen LogP) is 3.92. The lowest BCUT2D eigenvalue weighted by molar-refractivity contribution is 0.288. The first-order valence-corrected chi connectivity index (χ1v) is 11.1. The molecule has 1 aromatic carbocycles. The van der Waals surface area contributed by atoms with Crippen LogP contribution in [0.5, 0.6) is 11.5 Å². The van der Waals surface area contributed by atoms with Crippen LogP contribution in [0.25, 0.3) is 0 Å². The van der Waals surface area contributed by atoms with E-state index in [2.05, 4.69) is 32.9 Å². The molecule has 1 aromatic heterocycles. The summed E-state index contributed by atoms with van der Waals surface area (Å²) in [4.78, 5) is 4.43. The number of aromatic nitrogens is 1. The Balaban J connectivity index is 1.67. The van der Waals surface area contributed by atoms with E-state index < -0.39 is 0 Å². The van der Waals surface area contributed by atoms with Crippen LogP contribution in [0, 0.1) is 13.8 Å². The van der Waals surface area contributed by atoms with Crippen molar-refractivity contribution in [1.82, 2.24) is 15.8 Å². The summed E-state index contributed by atoms with van der Waals surface area (Å²) in [5.41, 5.74) is 3.47. The molecule has 1 aliphatic carbocycles. The molecule has 3 rings (SSSR count). The van der Waals surface area contributed by atoms with E-state index in [4.69, 9.17) is 14.0 Å². The minimum Gasteiger partial charge on any atom is -0.493 e. The van der Waals surface area contributed by atoms with Gasteiger partial charge in [-0.05, 0) is 50.8 Å². The summed E-state index contributed by atoms with van der Waals surface area (Å²) in [5, 5.41) is 11.1. The predicted molar refractivity (Wildman–Crippen MR) is 123 cm³/mol. The Kier molecular flexibility index (Phi) is 7.82. The molecule has 7 nitrogen and oxygen atoms in total. The Labute approximate surface area is 185 Å². The number of methoxy groups -OCH3 is 2. The zero-order chi connectivity index (χ0) is 22.3. The van der Waals surface area contributed by atoms with Gasteiger partial charge in [-0.3, -0.25) is 4.99 Å². The van der Waals surface area contributed by atoms with Gasteiger partial charge in [0.15, 0.2) is 17.5 Å². The van der Waals surface area contributed by atoms with Crippen molar-refractivity contribution in [2.75, 3.05) is 34.4 Å². The molecular weight excluding hydrogens is 392 g/mol. The average Bonchev–Trinajstić information content (AvgIpc) is 3.13. The van der Waals surface area contributed by atoms with Crippen molar-refractivity contribution in [2.45, 2.75) is 57.8 Å². The number of benzene rings is 1. The van der Waals surface area contributed by atoms with Crippen LogP contribution in [0.3, 0.4) is 0 Å². The number of nitrogens with zero attached hydrogens (tertiary/aromatic N) is 2. The van der Waals surface area contributed by atoms with Crippen LogP contribution in [0.2, 0.25) is 0 Å². The molecule has 31 heavy (non-hydrogen) atoms. The van der Waals surface area contributed by atoms with Crippen molar-refractivity contribution < 1.29 is 14.0 Å². The van der Waals surface area contributed by atoms with Crippen molar-refractivity contribution in [3.63, 3.8) is 0 Å². The third-order valence-corrected chi connectivity index (χ3v) is 6.47. The van der Waals surface area contributed by atoms with E-state index in [9.17, 15) is 0 Å². The average molecular weight is 429 g/mol. The highest BCUT2D eigenvalue weighted by Crippen LogP contribution is 2.42. The topological polar surface area (TPSA) is 80.9 Å². The molecule has 1 saturated carbocycles. The minimum absolute atomic E-state index is 0.0527. The lowest BCUT2D eigenvalue weighted by Gasteiger charge is -2.38. The molecule has 2 N–H and O–H groups in total. The minimum atomic E-state index is 0.0527. The van der Waals surface area contributed by atoms with Crippen molar-refractivity contribution >= 4 is 5.96 Å². The number of nitrogens with one attached hydrogen (secondary N) is 2. The fourth-order valence-electron chi connectivity index (χ4n) is 4.60. The number of aryl methyl sites for hydroxylation is 2. The van der Waals surface area contributed by atoms with E-state index >= 15 is 0 Å². The molecule has 2 aromatic rings. The fourth-order valence-corrected chi connectivity index (χ4v) is 4.60. The molecule has 1 aliphatic rings. The molecule has 0 saturated heterocycles. The molecule has 170 valence electrons. The van der Waals surface area contributed by atoms with E-state index in [-0.39, 0.29) is 5.41 Å². The summed E-state index contributed by atoms with van der Waals surface area (Å²) in [6, 6.07) is 6.34. The van der Waals surface area contributed by atoms with Gasteiger partial charge in [-0.15, -0.1) is 0 Å². The van der Waals surface area contributed by atoms with Crippen LogP contribution in [-0.2, 0) is 11.8 Å². The van der Waals surface area contributed by atoms with Crippen LogP contribution in [0.1, 0.15) is 54.7 Å². The fraction of sp³-hybridized carbons (Fsp3) is 0.583. The highest BCUT2D eigenvalue weighted by molar-refractivity contribution is 5.79. The molecule has 0 spiro atoms. The summed E-state index contributed by atoms with van der Waals surface area (Å²) in [5.74, 6) is 3.25. The van der Waals surface area contributed by atoms with E-state index in [0.717, 1.165) is 66.8 Å². The third-order valence-electron chi connectivity index (χ3n) is 6.47. The van der Waals surface area contributed by atoms with Gasteiger partial charge in [-0.2, -0.15) is 0 Å². The summed E-state index contributed by atoms with van der Waals surface area (Å²) in [6.45, 7) is 5.53. The molecular formula is C24H36N4O3. The van der Waals surface area contributed by atoms with Gasteiger partial charge in [0.25, 0.3) is 0 Å². The summed E-state index contributed by atoms with van der Waals surface area (Å²) >= 11 is 0. The van der Waals surface area contributed by atoms with Crippen molar-refractivity contribution in [1.29, 1.82) is 0 Å². The summed E-state index contributed by atoms with van der Waals surface area (Å²) in [6.07, 6.45) is 6.89. The molecule has 0 amide bonds. The number of ether oxygens (including phenoxy) is 2. The number of hydrogen-bond acceptors (Lipinski definition) is 5. The van der Waals surface area contributed by atoms with E-state index in [1.54, 1.807) is 14.2 Å². The van der Waals surface area contributed by atoms with Gasteiger partial charge < -0.3 is 24.6 Å². The smallest absolute Gasteiger partial charge is 0.191 e. The molecule has 0 radical (unpaired) electrons. The maximum Gasteiger partial charge on any atom is 0.191 e. The van der Waals surface area contributed by atoms with Crippen molar-refractivity contribution in [3.05, 3.63) is 40.8 Å². The highest BCUT2D eigenvalue weighted by atomic mass is 16.5. The number of rotatable bonds is 8. The zero-order valence-corrected chi connectivity index (χ0v) is 19.5. The van der Waals surface area contributed by atoms with Gasteiger partial charge in [0, 0.05) is 31.1 Å². The van der Waals surface area contributed by atoms with Gasteiger partial charge >= 0.3 is 0 Å². The second-order valence-corrected chi connectivity index (χ2v) is 8.32. The largest absolute Gasteiger partial charge is 0.493 e. The first-order valence-electron chi connectivity index (χ1n) is 11.1.